The van der Waals surface area contributed by atoms with Crippen LogP contribution in [0.1, 0.15) is 18.6 Å². The van der Waals surface area contributed by atoms with Crippen molar-refractivity contribution in [2.45, 2.75) is 19.1 Å². The molecule has 0 amide bonds. The summed E-state index contributed by atoms with van der Waals surface area (Å²) in [4.78, 5) is 1.99. The van der Waals surface area contributed by atoms with Crippen LogP contribution in [0.25, 0.3) is 0 Å². The van der Waals surface area contributed by atoms with E-state index in [1.165, 1.54) is 5.56 Å². The number of rotatable bonds is 1. The Morgan fingerprint density at radius 3 is 2.43 bits per heavy atom. The van der Waals surface area contributed by atoms with E-state index >= 15 is 0 Å². The third kappa shape index (κ3) is 1.48. The highest BCUT2D eigenvalue weighted by Crippen LogP contribution is 2.30. The van der Waals surface area contributed by atoms with Crippen molar-refractivity contribution in [3.05, 3.63) is 35.9 Å². The van der Waals surface area contributed by atoms with Crippen LogP contribution in [-0.2, 0) is 4.74 Å². The van der Waals surface area contributed by atoms with Crippen molar-refractivity contribution in [3.63, 3.8) is 0 Å². The summed E-state index contributed by atoms with van der Waals surface area (Å²) in [7, 11) is 1.97. The highest BCUT2D eigenvalue weighted by molar-refractivity contribution is 7.80. The molecule has 14 heavy (non-hydrogen) atoms. The lowest BCUT2D eigenvalue weighted by atomic mass is 10.0. The first kappa shape index (κ1) is 9.46. The monoisotopic (exact) mass is 207 g/mol. The summed E-state index contributed by atoms with van der Waals surface area (Å²) in [6.45, 7) is 2.12. The maximum Gasteiger partial charge on any atom is 0.260 e. The van der Waals surface area contributed by atoms with Gasteiger partial charge >= 0.3 is 0 Å². The minimum absolute atomic E-state index is 0.0775. The van der Waals surface area contributed by atoms with Gasteiger partial charge in [0.1, 0.15) is 6.10 Å². The van der Waals surface area contributed by atoms with Gasteiger partial charge in [-0.25, -0.2) is 0 Å². The van der Waals surface area contributed by atoms with E-state index < -0.39 is 0 Å². The fourth-order valence-electron chi connectivity index (χ4n) is 1.65. The van der Waals surface area contributed by atoms with Gasteiger partial charge in [-0.2, -0.15) is 0 Å². The lowest BCUT2D eigenvalue weighted by Crippen LogP contribution is -2.27. The van der Waals surface area contributed by atoms with Crippen molar-refractivity contribution in [2.24, 2.45) is 0 Å². The highest BCUT2D eigenvalue weighted by Gasteiger charge is 2.34. The molecule has 2 atom stereocenters. The Balaban J connectivity index is 2.26. The first-order valence-electron chi connectivity index (χ1n) is 4.68. The van der Waals surface area contributed by atoms with E-state index in [-0.39, 0.29) is 6.10 Å². The van der Waals surface area contributed by atoms with Gasteiger partial charge in [0.25, 0.3) is 5.17 Å². The SMILES string of the molecule is CC1C(c2ccccc2)OC(=S)N1C. The van der Waals surface area contributed by atoms with Gasteiger partial charge in [-0.05, 0) is 24.7 Å². The van der Waals surface area contributed by atoms with Gasteiger partial charge < -0.3 is 9.64 Å². The quantitative estimate of drug-likeness (QED) is 0.656. The van der Waals surface area contributed by atoms with Crippen molar-refractivity contribution < 1.29 is 4.74 Å². The summed E-state index contributed by atoms with van der Waals surface area (Å²) in [5.41, 5.74) is 1.19. The summed E-state index contributed by atoms with van der Waals surface area (Å²) in [6, 6.07) is 10.5. The van der Waals surface area contributed by atoms with E-state index in [9.17, 15) is 0 Å². The second-order valence-corrected chi connectivity index (χ2v) is 3.92. The molecule has 1 aromatic carbocycles. The zero-order valence-electron chi connectivity index (χ0n) is 8.31. The number of likely N-dealkylation sites (N-methyl/N-ethyl adjacent to an activating group) is 1. The van der Waals surface area contributed by atoms with E-state index in [4.69, 9.17) is 17.0 Å². The van der Waals surface area contributed by atoms with Crippen molar-refractivity contribution in [2.75, 3.05) is 7.05 Å². The van der Waals surface area contributed by atoms with Crippen LogP contribution in [0.4, 0.5) is 0 Å². The molecule has 1 heterocycles. The highest BCUT2D eigenvalue weighted by atomic mass is 32.1. The average Bonchev–Trinajstić information content (AvgIpc) is 2.47. The number of nitrogens with zero attached hydrogens (tertiary/aromatic N) is 1. The van der Waals surface area contributed by atoms with E-state index in [1.54, 1.807) is 0 Å². The average molecular weight is 207 g/mol. The molecule has 0 saturated carbocycles. The lowest BCUT2D eigenvalue weighted by molar-refractivity contribution is 0.205. The van der Waals surface area contributed by atoms with Crippen LogP contribution < -0.4 is 0 Å². The van der Waals surface area contributed by atoms with Crippen LogP contribution in [0.5, 0.6) is 0 Å². The number of hydrogen-bond acceptors (Lipinski definition) is 2. The van der Waals surface area contributed by atoms with E-state index in [0.29, 0.717) is 11.2 Å². The molecule has 0 aliphatic carbocycles. The van der Waals surface area contributed by atoms with Crippen molar-refractivity contribution in [3.8, 4) is 0 Å². The minimum Gasteiger partial charge on any atom is -0.461 e. The third-order valence-electron chi connectivity index (χ3n) is 2.69. The Morgan fingerprint density at radius 1 is 1.29 bits per heavy atom. The first-order valence-corrected chi connectivity index (χ1v) is 5.09. The molecule has 1 fully saturated rings. The number of benzene rings is 1. The lowest BCUT2D eigenvalue weighted by Gasteiger charge is -2.17. The largest absolute Gasteiger partial charge is 0.461 e. The van der Waals surface area contributed by atoms with Gasteiger partial charge in [0.15, 0.2) is 0 Å². The molecule has 74 valence electrons. The van der Waals surface area contributed by atoms with Crippen LogP contribution in [0, 0.1) is 0 Å². The van der Waals surface area contributed by atoms with Crippen LogP contribution in [0.2, 0.25) is 0 Å². The molecule has 2 nitrogen and oxygen atoms in total. The Morgan fingerprint density at radius 2 is 1.93 bits per heavy atom. The molecule has 3 heteroatoms. The molecule has 0 bridgehead atoms. The molecular formula is C11H13NOS. The number of ether oxygens (including phenoxy) is 1. The second kappa shape index (κ2) is 3.58. The summed E-state index contributed by atoms with van der Waals surface area (Å²) in [5.74, 6) is 0. The van der Waals surface area contributed by atoms with Crippen LogP contribution >= 0.6 is 12.2 Å². The molecule has 1 aliphatic rings. The Labute approximate surface area is 89.5 Å². The van der Waals surface area contributed by atoms with Gasteiger partial charge in [0.05, 0.1) is 6.04 Å². The fraction of sp³-hybridized carbons (Fsp3) is 0.364. The van der Waals surface area contributed by atoms with E-state index in [2.05, 4.69) is 19.1 Å². The van der Waals surface area contributed by atoms with Gasteiger partial charge in [0, 0.05) is 7.05 Å². The topological polar surface area (TPSA) is 12.5 Å². The molecular weight excluding hydrogens is 194 g/mol. The first-order chi connectivity index (χ1) is 6.70. The zero-order valence-corrected chi connectivity index (χ0v) is 9.12. The normalized spacial score (nSPS) is 26.4. The Hall–Kier alpha value is -1.09. The van der Waals surface area contributed by atoms with Crippen LogP contribution in [-0.4, -0.2) is 23.2 Å². The van der Waals surface area contributed by atoms with Crippen molar-refractivity contribution in [1.82, 2.24) is 4.90 Å². The summed E-state index contributed by atoms with van der Waals surface area (Å²) < 4.78 is 5.63. The molecule has 1 saturated heterocycles. The maximum absolute atomic E-state index is 5.63. The van der Waals surface area contributed by atoms with Gasteiger partial charge in [0.2, 0.25) is 0 Å². The molecule has 0 radical (unpaired) electrons. The van der Waals surface area contributed by atoms with Gasteiger partial charge in [-0.1, -0.05) is 30.3 Å². The minimum atomic E-state index is 0.0775. The molecule has 0 N–H and O–H groups in total. The molecule has 0 aromatic heterocycles. The standard InChI is InChI=1S/C11H13NOS/c1-8-10(13-11(14)12(8)2)9-6-4-3-5-7-9/h3-8,10H,1-2H3. The van der Waals surface area contributed by atoms with Gasteiger partial charge in [-0.3, -0.25) is 0 Å². The van der Waals surface area contributed by atoms with Crippen LogP contribution in [0.3, 0.4) is 0 Å². The van der Waals surface area contributed by atoms with E-state index in [1.807, 2.05) is 30.1 Å². The number of hydrogen-bond donors (Lipinski definition) is 0. The fourth-order valence-corrected chi connectivity index (χ4v) is 1.92. The van der Waals surface area contributed by atoms with Crippen molar-refractivity contribution in [1.29, 1.82) is 0 Å². The smallest absolute Gasteiger partial charge is 0.260 e. The van der Waals surface area contributed by atoms with Crippen LogP contribution in [0.15, 0.2) is 30.3 Å². The summed E-state index contributed by atoms with van der Waals surface area (Å²) >= 11 is 5.10. The third-order valence-corrected chi connectivity index (χ3v) is 3.08. The molecule has 0 spiro atoms. The van der Waals surface area contributed by atoms with Crippen molar-refractivity contribution >= 4 is 17.4 Å². The van der Waals surface area contributed by atoms with E-state index in [0.717, 1.165) is 0 Å². The zero-order chi connectivity index (χ0) is 10.1. The Bertz CT molecular complexity index is 338. The second-order valence-electron chi connectivity index (χ2n) is 3.57. The predicted octanol–water partition coefficient (Wildman–Crippen LogP) is 2.36. The van der Waals surface area contributed by atoms with Gasteiger partial charge in [-0.15, -0.1) is 0 Å². The summed E-state index contributed by atoms with van der Waals surface area (Å²) in [6.07, 6.45) is 0.0775. The molecule has 1 aromatic rings. The Kier molecular flexibility index (Phi) is 2.42. The number of thiocarbonyl (C=S) groups is 1. The molecule has 2 rings (SSSR count). The summed E-state index contributed by atoms with van der Waals surface area (Å²) in [5, 5.41) is 0.589. The molecule has 1 aliphatic heterocycles. The molecule has 2 unspecified atom stereocenters. The predicted molar refractivity (Wildman–Crippen MR) is 60.1 cm³/mol. The maximum atomic E-state index is 5.63.